The van der Waals surface area contributed by atoms with Crippen LogP contribution in [-0.2, 0) is 19.6 Å². The summed E-state index contributed by atoms with van der Waals surface area (Å²) in [5.74, 6) is -5.35. The Labute approximate surface area is 259 Å². The van der Waals surface area contributed by atoms with E-state index in [1.165, 1.54) is 24.3 Å². The fourth-order valence-corrected chi connectivity index (χ4v) is 5.70. The summed E-state index contributed by atoms with van der Waals surface area (Å²) in [5, 5.41) is 27.1. The molecule has 4 aromatic carbocycles. The number of fused-ring (bicyclic) bond motifs is 1. The number of hydrazone groups is 1. The number of carbonyl (C=O) groups excluding carboxylic acids is 3. The average molecular weight is 628 g/mol. The largest absolute Gasteiger partial charge is 0.508 e. The molecule has 1 aliphatic rings. The molecule has 45 heavy (non-hydrogen) atoms. The van der Waals surface area contributed by atoms with E-state index < -0.39 is 51.2 Å². The van der Waals surface area contributed by atoms with Gasteiger partial charge in [-0.3, -0.25) is 9.59 Å². The van der Waals surface area contributed by atoms with Crippen molar-refractivity contribution in [3.05, 3.63) is 118 Å². The Hall–Kier alpha value is -5.49. The number of esters is 1. The van der Waals surface area contributed by atoms with E-state index in [1.807, 2.05) is 13.8 Å². The molecule has 1 heterocycles. The number of hydrogen-bond acceptors (Lipinski definition) is 9. The monoisotopic (exact) mass is 627 g/mol. The average Bonchev–Trinajstić information content (AvgIpc) is 3.32. The molecule has 0 fully saturated rings. The van der Waals surface area contributed by atoms with Gasteiger partial charge in [0.1, 0.15) is 29.2 Å². The maximum Gasteiger partial charge on any atom is 0.339 e. The topological polar surface area (TPSA) is 171 Å². The molecule has 1 amide bonds. The maximum atomic E-state index is 14.2. The van der Waals surface area contributed by atoms with Gasteiger partial charge >= 0.3 is 5.97 Å². The van der Waals surface area contributed by atoms with Crippen LogP contribution < -0.4 is 10.1 Å². The van der Waals surface area contributed by atoms with Crippen molar-refractivity contribution >= 4 is 39.1 Å². The van der Waals surface area contributed by atoms with Gasteiger partial charge in [0.2, 0.25) is 0 Å². The normalized spacial score (nSPS) is 15.1. The molecule has 11 nitrogen and oxygen atoms in total. The number of nitrogens with one attached hydrogen (secondary N) is 2. The van der Waals surface area contributed by atoms with E-state index in [9.17, 15) is 33.0 Å². The van der Waals surface area contributed by atoms with Gasteiger partial charge < -0.3 is 20.3 Å². The van der Waals surface area contributed by atoms with Gasteiger partial charge in [-0.1, -0.05) is 42.0 Å². The number of benzene rings is 4. The Balaban J connectivity index is 1.67. The first kappa shape index (κ1) is 31.0. The zero-order chi connectivity index (χ0) is 32.5. The van der Waals surface area contributed by atoms with Crippen molar-refractivity contribution in [2.24, 2.45) is 11.0 Å². The molecule has 0 saturated carbocycles. The summed E-state index contributed by atoms with van der Waals surface area (Å²) in [4.78, 5) is 43.0. The van der Waals surface area contributed by atoms with Crippen molar-refractivity contribution < 1.29 is 37.8 Å². The molecule has 4 N–H and O–H groups in total. The molecule has 0 radical (unpaired) electrons. The summed E-state index contributed by atoms with van der Waals surface area (Å²) in [7, 11) is -4.34. The highest BCUT2D eigenvalue weighted by Gasteiger charge is 2.46. The van der Waals surface area contributed by atoms with E-state index in [1.54, 1.807) is 49.4 Å². The highest BCUT2D eigenvalue weighted by molar-refractivity contribution is 7.89. The number of ketones is 1. The third-order valence-electron chi connectivity index (χ3n) is 7.46. The van der Waals surface area contributed by atoms with Gasteiger partial charge in [-0.15, -0.1) is 0 Å². The number of Topliss-reactive ketones (excluding diaryl/α,β-unsaturated/α-hetero) is 1. The third-order valence-corrected chi connectivity index (χ3v) is 8.69. The predicted molar refractivity (Wildman–Crippen MR) is 166 cm³/mol. The number of aryl methyl sites for hydroxylation is 3. The fourth-order valence-electron chi connectivity index (χ4n) is 4.88. The number of nitrogens with zero attached hydrogens (tertiary/aromatic N) is 1. The number of amides is 1. The molecule has 1 aliphatic heterocycles. The number of phenols is 2. The molecule has 5 rings (SSSR count). The molecule has 0 unspecified atom stereocenters. The molecule has 12 heteroatoms. The van der Waals surface area contributed by atoms with Crippen LogP contribution in [0.25, 0.3) is 0 Å². The van der Waals surface area contributed by atoms with Gasteiger partial charge in [0.05, 0.1) is 16.0 Å². The van der Waals surface area contributed by atoms with Crippen LogP contribution in [0.15, 0.2) is 94.9 Å². The Morgan fingerprint density at radius 3 is 2.29 bits per heavy atom. The van der Waals surface area contributed by atoms with Gasteiger partial charge in [-0.25, -0.2) is 4.79 Å². The van der Waals surface area contributed by atoms with E-state index in [4.69, 9.17) is 4.74 Å². The highest BCUT2D eigenvalue weighted by atomic mass is 32.2. The van der Waals surface area contributed by atoms with Crippen molar-refractivity contribution in [3.8, 4) is 11.5 Å². The second-order valence-corrected chi connectivity index (χ2v) is 12.3. The number of carbonyl (C=O) groups is 3. The predicted octanol–water partition coefficient (Wildman–Crippen LogP) is 4.71. The lowest BCUT2D eigenvalue weighted by molar-refractivity contribution is -0.110. The van der Waals surface area contributed by atoms with Gasteiger partial charge in [0, 0.05) is 17.3 Å². The molecule has 0 aliphatic carbocycles. The number of phenolic OH excluding ortho intramolecular Hbond substituents is 2. The van der Waals surface area contributed by atoms with Crippen LogP contribution in [0.3, 0.4) is 0 Å². The van der Waals surface area contributed by atoms with E-state index >= 15 is 0 Å². The van der Waals surface area contributed by atoms with Gasteiger partial charge in [-0.05, 0) is 74.4 Å². The molecule has 230 valence electrons. The van der Waals surface area contributed by atoms with Crippen LogP contribution in [0.5, 0.6) is 11.5 Å². The van der Waals surface area contributed by atoms with E-state index in [-0.39, 0.29) is 27.3 Å². The number of hydrogen-bond donors (Lipinski definition) is 4. The lowest BCUT2D eigenvalue weighted by Gasteiger charge is -2.24. The minimum atomic E-state index is -4.34. The van der Waals surface area contributed by atoms with Crippen molar-refractivity contribution in [1.29, 1.82) is 0 Å². The third kappa shape index (κ3) is 6.41. The van der Waals surface area contributed by atoms with E-state index in [0.717, 1.165) is 34.9 Å². The second-order valence-electron chi connectivity index (χ2n) is 10.6. The molecular weight excluding hydrogens is 598 g/mol. The molecule has 4 aromatic rings. The number of cyclic esters (lactones) is 1. The van der Waals surface area contributed by atoms with E-state index in [0.29, 0.717) is 5.69 Å². The summed E-state index contributed by atoms with van der Waals surface area (Å²) in [5.41, 5.74) is 2.38. The van der Waals surface area contributed by atoms with Gasteiger partial charge in [0.25, 0.3) is 15.9 Å². The molecule has 2 atom stereocenters. The Kier molecular flexibility index (Phi) is 8.42. The Morgan fingerprint density at radius 1 is 0.889 bits per heavy atom. The first-order valence-electron chi connectivity index (χ1n) is 13.8. The fraction of sp³-hybridized carbons (Fsp3) is 0.152. The summed E-state index contributed by atoms with van der Waals surface area (Å²) in [6, 6.07) is 20.4. The molecule has 0 bridgehead atoms. The van der Waals surface area contributed by atoms with Crippen LogP contribution >= 0.6 is 0 Å². The zero-order valence-electron chi connectivity index (χ0n) is 24.4. The Bertz CT molecular complexity index is 1970. The van der Waals surface area contributed by atoms with Crippen LogP contribution in [0.2, 0.25) is 0 Å². The minimum absolute atomic E-state index is 0.143. The van der Waals surface area contributed by atoms with Crippen LogP contribution in [0.4, 0.5) is 5.69 Å². The molecule has 0 spiro atoms. The first-order chi connectivity index (χ1) is 21.4. The summed E-state index contributed by atoms with van der Waals surface area (Å²) < 4.78 is 32.1. The van der Waals surface area contributed by atoms with Crippen LogP contribution in [-0.4, -0.2) is 42.0 Å². The zero-order valence-corrected chi connectivity index (χ0v) is 25.3. The number of rotatable bonds is 9. The number of aromatic hydroxyl groups is 2. The minimum Gasteiger partial charge on any atom is -0.508 e. The lowest BCUT2D eigenvalue weighted by atomic mass is 9.83. The first-order valence-corrected chi connectivity index (χ1v) is 15.2. The second kappa shape index (κ2) is 12.2. The number of sulfonamides is 1. The summed E-state index contributed by atoms with van der Waals surface area (Å²) in [6.07, 6.45) is -1.43. The quantitative estimate of drug-likeness (QED) is 0.0895. The summed E-state index contributed by atoms with van der Waals surface area (Å²) >= 11 is 0. The highest BCUT2D eigenvalue weighted by Crippen LogP contribution is 2.40. The smallest absolute Gasteiger partial charge is 0.339 e. The van der Waals surface area contributed by atoms with Crippen LogP contribution in [0.1, 0.15) is 49.1 Å². The van der Waals surface area contributed by atoms with Crippen LogP contribution in [0, 0.1) is 26.7 Å². The summed E-state index contributed by atoms with van der Waals surface area (Å²) in [6.45, 7) is 5.51. The number of ether oxygens (including phenoxy) is 1. The Morgan fingerprint density at radius 2 is 1.60 bits per heavy atom. The van der Waals surface area contributed by atoms with Crippen molar-refractivity contribution in [3.63, 3.8) is 0 Å². The molecule has 0 aromatic heterocycles. The SMILES string of the molecule is Cc1ccc(S(=O)(=O)N/N=C(/C(=O)Nc2ccc(C)c(C)c2)[C@@H](C(=O)c2ccc(O)cc2O)[C@@H]2OC(=O)c3ccccc32)cc1. The standard InChI is InChI=1S/C33H29N3O8S/c1-18-8-13-23(14-9-18)45(42,43)36-35-29(32(40)34-21-11-10-19(2)20(3)16-21)28(30(39)26-15-12-22(37)17-27(26)38)31-24-6-4-5-7-25(24)33(41)44-31/h4-17,28,31,36-38H,1-3H3,(H,34,40)/b35-29+/t28-,31+/m0/s1. The van der Waals surface area contributed by atoms with Crippen molar-refractivity contribution in [2.75, 3.05) is 5.32 Å². The van der Waals surface area contributed by atoms with Gasteiger partial charge in [-0.2, -0.15) is 18.4 Å². The molecular formula is C33H29N3O8S. The van der Waals surface area contributed by atoms with Gasteiger partial charge in [0.15, 0.2) is 5.78 Å². The van der Waals surface area contributed by atoms with E-state index in [2.05, 4.69) is 15.2 Å². The molecule has 0 saturated heterocycles. The van der Waals surface area contributed by atoms with Crippen molar-refractivity contribution in [1.82, 2.24) is 4.83 Å². The maximum absolute atomic E-state index is 14.2. The lowest BCUT2D eigenvalue weighted by Crippen LogP contribution is -2.40. The number of anilines is 1. The van der Waals surface area contributed by atoms with Crippen molar-refractivity contribution in [2.45, 2.75) is 31.8 Å².